The lowest BCUT2D eigenvalue weighted by molar-refractivity contribution is -0.140. The zero-order chi connectivity index (χ0) is 21.3. The molecule has 2 aromatic rings. The number of piperazine rings is 1. The van der Waals surface area contributed by atoms with Gasteiger partial charge in [0.05, 0.1) is 18.0 Å². The van der Waals surface area contributed by atoms with Crippen molar-refractivity contribution in [2.75, 3.05) is 26.2 Å². The van der Waals surface area contributed by atoms with Crippen molar-refractivity contribution >= 4 is 29.1 Å². The minimum Gasteiger partial charge on any atom is -0.467 e. The number of hydrazone groups is 1. The minimum absolute atomic E-state index is 0.0725. The standard InChI is InChI=1S/C22H25ClN4O3/c1-15(25-9-11-26(12-10-25)16(2)28)22(29)27-20(21-4-3-13-30-21)14-19(24-27)17-5-7-18(23)8-6-17/h3-8,13,15,20H,9-12,14H2,1-2H3/t15-,20-/m1/s1. The van der Waals surface area contributed by atoms with Crippen molar-refractivity contribution in [1.82, 2.24) is 14.8 Å². The van der Waals surface area contributed by atoms with Gasteiger partial charge in [-0.3, -0.25) is 14.5 Å². The van der Waals surface area contributed by atoms with Crippen LogP contribution < -0.4 is 0 Å². The number of rotatable bonds is 4. The van der Waals surface area contributed by atoms with Crippen LogP contribution >= 0.6 is 11.6 Å². The molecule has 7 nitrogen and oxygen atoms in total. The molecule has 30 heavy (non-hydrogen) atoms. The maximum atomic E-state index is 13.4. The molecule has 3 heterocycles. The lowest BCUT2D eigenvalue weighted by Crippen LogP contribution is -2.54. The van der Waals surface area contributed by atoms with E-state index in [1.807, 2.05) is 48.2 Å². The van der Waals surface area contributed by atoms with Crippen LogP contribution in [0.15, 0.2) is 52.2 Å². The second-order valence-corrected chi connectivity index (χ2v) is 8.13. The number of amides is 2. The normalized spacial score (nSPS) is 20.9. The molecule has 8 heteroatoms. The average Bonchev–Trinajstić information content (AvgIpc) is 3.43. The van der Waals surface area contributed by atoms with Crippen LogP contribution in [0.1, 0.15) is 37.6 Å². The van der Waals surface area contributed by atoms with Crippen molar-refractivity contribution in [3.05, 3.63) is 59.0 Å². The Morgan fingerprint density at radius 3 is 2.43 bits per heavy atom. The van der Waals surface area contributed by atoms with Gasteiger partial charge in [-0.2, -0.15) is 5.10 Å². The highest BCUT2D eigenvalue weighted by molar-refractivity contribution is 6.30. The van der Waals surface area contributed by atoms with Gasteiger partial charge >= 0.3 is 0 Å². The van der Waals surface area contributed by atoms with Crippen LogP contribution in [0, 0.1) is 0 Å². The fourth-order valence-electron chi connectivity index (χ4n) is 4.00. The van der Waals surface area contributed by atoms with Crippen molar-refractivity contribution in [3.8, 4) is 0 Å². The van der Waals surface area contributed by atoms with Gasteiger partial charge < -0.3 is 9.32 Å². The zero-order valence-corrected chi connectivity index (χ0v) is 17.9. The van der Waals surface area contributed by atoms with Gasteiger partial charge in [0.25, 0.3) is 5.91 Å². The first-order valence-corrected chi connectivity index (χ1v) is 10.5. The Labute approximate surface area is 180 Å². The van der Waals surface area contributed by atoms with Crippen molar-refractivity contribution in [2.24, 2.45) is 5.10 Å². The summed E-state index contributed by atoms with van der Waals surface area (Å²) in [6.45, 7) is 6.08. The van der Waals surface area contributed by atoms with E-state index < -0.39 is 0 Å². The van der Waals surface area contributed by atoms with Crippen molar-refractivity contribution in [2.45, 2.75) is 32.4 Å². The summed E-state index contributed by atoms with van der Waals surface area (Å²) < 4.78 is 5.62. The Kier molecular flexibility index (Phi) is 5.92. The first-order valence-electron chi connectivity index (χ1n) is 10.1. The van der Waals surface area contributed by atoms with Gasteiger partial charge in [-0.05, 0) is 36.8 Å². The van der Waals surface area contributed by atoms with E-state index in [1.54, 1.807) is 18.2 Å². The average molecular weight is 429 g/mol. The molecule has 0 saturated carbocycles. The predicted octanol–water partition coefficient (Wildman–Crippen LogP) is 3.16. The first-order chi connectivity index (χ1) is 14.4. The molecule has 0 radical (unpaired) electrons. The molecule has 0 bridgehead atoms. The molecule has 1 saturated heterocycles. The zero-order valence-electron chi connectivity index (χ0n) is 17.1. The molecule has 4 rings (SSSR count). The largest absolute Gasteiger partial charge is 0.467 e. The van der Waals surface area contributed by atoms with E-state index in [1.165, 1.54) is 0 Å². The van der Waals surface area contributed by atoms with E-state index in [0.717, 1.165) is 11.3 Å². The molecule has 0 N–H and O–H groups in total. The molecule has 1 aromatic carbocycles. The Balaban J connectivity index is 1.54. The van der Waals surface area contributed by atoms with Crippen LogP contribution in [-0.4, -0.2) is 64.6 Å². The van der Waals surface area contributed by atoms with Gasteiger partial charge in [-0.1, -0.05) is 23.7 Å². The molecule has 2 aliphatic heterocycles. The molecule has 158 valence electrons. The van der Waals surface area contributed by atoms with Crippen LogP contribution in [0.3, 0.4) is 0 Å². The van der Waals surface area contributed by atoms with Gasteiger partial charge in [0.15, 0.2) is 0 Å². The summed E-state index contributed by atoms with van der Waals surface area (Å²) in [6.07, 6.45) is 2.19. The van der Waals surface area contributed by atoms with Crippen LogP contribution in [-0.2, 0) is 9.59 Å². The van der Waals surface area contributed by atoms with E-state index in [4.69, 9.17) is 21.1 Å². The van der Waals surface area contributed by atoms with E-state index in [0.29, 0.717) is 43.4 Å². The Bertz CT molecular complexity index is 934. The van der Waals surface area contributed by atoms with Crippen molar-refractivity contribution in [3.63, 3.8) is 0 Å². The smallest absolute Gasteiger partial charge is 0.260 e. The van der Waals surface area contributed by atoms with Crippen LogP contribution in [0.2, 0.25) is 5.02 Å². The van der Waals surface area contributed by atoms with Crippen LogP contribution in [0.4, 0.5) is 0 Å². The number of nitrogens with zero attached hydrogens (tertiary/aromatic N) is 4. The molecule has 2 amide bonds. The van der Waals surface area contributed by atoms with Gasteiger partial charge in [-0.15, -0.1) is 0 Å². The number of halogens is 1. The summed E-state index contributed by atoms with van der Waals surface area (Å²) in [5.41, 5.74) is 1.77. The first kappa shape index (κ1) is 20.6. The lowest BCUT2D eigenvalue weighted by Gasteiger charge is -2.38. The van der Waals surface area contributed by atoms with Gasteiger partial charge in [0, 0.05) is 44.5 Å². The van der Waals surface area contributed by atoms with Crippen molar-refractivity contribution in [1.29, 1.82) is 0 Å². The quantitative estimate of drug-likeness (QED) is 0.750. The lowest BCUT2D eigenvalue weighted by atomic mass is 10.0. The number of hydrogen-bond acceptors (Lipinski definition) is 5. The predicted molar refractivity (Wildman–Crippen MR) is 114 cm³/mol. The molecule has 0 unspecified atom stereocenters. The summed E-state index contributed by atoms with van der Waals surface area (Å²) >= 11 is 6.02. The molecule has 0 aliphatic carbocycles. The molecular formula is C22H25ClN4O3. The fraction of sp³-hybridized carbons (Fsp3) is 0.409. The Morgan fingerprint density at radius 2 is 1.83 bits per heavy atom. The summed E-state index contributed by atoms with van der Waals surface area (Å²) in [4.78, 5) is 28.9. The molecule has 2 atom stereocenters. The van der Waals surface area contributed by atoms with Gasteiger partial charge in [0.1, 0.15) is 11.8 Å². The SMILES string of the molecule is CC(=O)N1CCN([C@H](C)C(=O)N2N=C(c3ccc(Cl)cc3)C[C@@H]2c2ccco2)CC1. The maximum Gasteiger partial charge on any atom is 0.260 e. The fourth-order valence-corrected chi connectivity index (χ4v) is 4.13. The minimum atomic E-state index is -0.343. The third-order valence-corrected chi connectivity index (χ3v) is 6.10. The third-order valence-electron chi connectivity index (χ3n) is 5.85. The monoisotopic (exact) mass is 428 g/mol. The van der Waals surface area contributed by atoms with Crippen LogP contribution in [0.5, 0.6) is 0 Å². The Morgan fingerprint density at radius 1 is 1.13 bits per heavy atom. The molecule has 1 fully saturated rings. The summed E-state index contributed by atoms with van der Waals surface area (Å²) in [7, 11) is 0. The molecule has 1 aromatic heterocycles. The van der Waals surface area contributed by atoms with E-state index in [-0.39, 0.29) is 23.9 Å². The highest BCUT2D eigenvalue weighted by Crippen LogP contribution is 2.34. The molecule has 2 aliphatic rings. The summed E-state index contributed by atoms with van der Waals surface area (Å²) in [5.74, 6) is 0.713. The number of benzene rings is 1. The second kappa shape index (κ2) is 8.62. The summed E-state index contributed by atoms with van der Waals surface area (Å²) in [5, 5.41) is 6.91. The number of carbonyl (C=O) groups is 2. The maximum absolute atomic E-state index is 13.4. The van der Waals surface area contributed by atoms with Crippen molar-refractivity contribution < 1.29 is 14.0 Å². The van der Waals surface area contributed by atoms with E-state index >= 15 is 0 Å². The van der Waals surface area contributed by atoms with Crippen LogP contribution in [0.25, 0.3) is 0 Å². The number of furan rings is 1. The Hall–Kier alpha value is -2.64. The molecule has 0 spiro atoms. The highest BCUT2D eigenvalue weighted by Gasteiger charge is 2.38. The number of hydrogen-bond donors (Lipinski definition) is 0. The molecular weight excluding hydrogens is 404 g/mol. The van der Waals surface area contributed by atoms with E-state index in [2.05, 4.69) is 4.90 Å². The van der Waals surface area contributed by atoms with Gasteiger partial charge in [-0.25, -0.2) is 5.01 Å². The van der Waals surface area contributed by atoms with Gasteiger partial charge in [0.2, 0.25) is 5.91 Å². The number of carbonyl (C=O) groups excluding carboxylic acids is 2. The second-order valence-electron chi connectivity index (χ2n) is 7.69. The van der Waals surface area contributed by atoms with E-state index in [9.17, 15) is 9.59 Å². The summed E-state index contributed by atoms with van der Waals surface area (Å²) in [6, 6.07) is 10.6. The topological polar surface area (TPSA) is 69.4 Å². The third kappa shape index (κ3) is 4.13. The highest BCUT2D eigenvalue weighted by atomic mass is 35.5.